The normalized spacial score (nSPS) is 10.8. The van der Waals surface area contributed by atoms with Crippen molar-refractivity contribution in [2.45, 2.75) is 0 Å². The molecule has 16 heavy (non-hydrogen) atoms. The maximum absolute atomic E-state index is 5.55. The summed E-state index contributed by atoms with van der Waals surface area (Å²) >= 11 is 1.34. The van der Waals surface area contributed by atoms with Crippen LogP contribution in [-0.4, -0.2) is 15.2 Å². The summed E-state index contributed by atoms with van der Waals surface area (Å²) < 4.78 is 0. The first kappa shape index (κ1) is 9.23. The molecule has 0 bridgehead atoms. The zero-order valence-corrected chi connectivity index (χ0v) is 9.11. The maximum atomic E-state index is 5.55. The van der Waals surface area contributed by atoms with E-state index >= 15 is 0 Å². The van der Waals surface area contributed by atoms with Gasteiger partial charge in [-0.2, -0.15) is 0 Å². The topological polar surface area (TPSA) is 64.7 Å². The number of rotatable bonds is 1. The number of nitrogens with two attached hydrogens (primary N) is 1. The monoisotopic (exact) mass is 228 g/mol. The number of anilines is 1. The summed E-state index contributed by atoms with van der Waals surface area (Å²) in [5, 5.41) is 10.1. The lowest BCUT2D eigenvalue weighted by Crippen LogP contribution is -1.84. The Hall–Kier alpha value is -2.01. The van der Waals surface area contributed by atoms with Crippen molar-refractivity contribution in [3.63, 3.8) is 0 Å². The second kappa shape index (κ2) is 3.53. The minimum absolute atomic E-state index is 0.463. The summed E-state index contributed by atoms with van der Waals surface area (Å²) in [7, 11) is 0. The number of hydrogen-bond acceptors (Lipinski definition) is 5. The fourth-order valence-electron chi connectivity index (χ4n) is 1.52. The SMILES string of the molecule is Nc1nnc(-c2ccc3ccccc3n2)s1. The van der Waals surface area contributed by atoms with Crippen LogP contribution in [0.15, 0.2) is 36.4 Å². The average Bonchev–Trinajstić information content (AvgIpc) is 2.75. The smallest absolute Gasteiger partial charge is 0.203 e. The van der Waals surface area contributed by atoms with Crippen molar-refractivity contribution >= 4 is 27.4 Å². The molecular weight excluding hydrogens is 220 g/mol. The highest BCUT2D eigenvalue weighted by molar-refractivity contribution is 7.18. The largest absolute Gasteiger partial charge is 0.374 e. The number of pyridine rings is 1. The number of nitrogens with zero attached hydrogens (tertiary/aromatic N) is 3. The van der Waals surface area contributed by atoms with Crippen molar-refractivity contribution in [1.82, 2.24) is 15.2 Å². The molecule has 0 saturated heterocycles. The molecule has 2 N–H and O–H groups in total. The number of fused-ring (bicyclic) bond motifs is 1. The van der Waals surface area contributed by atoms with Gasteiger partial charge in [-0.15, -0.1) is 10.2 Å². The van der Waals surface area contributed by atoms with Gasteiger partial charge in [0.2, 0.25) is 5.13 Å². The van der Waals surface area contributed by atoms with Gasteiger partial charge in [0.25, 0.3) is 0 Å². The zero-order valence-electron chi connectivity index (χ0n) is 8.29. The summed E-state index contributed by atoms with van der Waals surface area (Å²) in [5.41, 5.74) is 7.31. The molecule has 1 aromatic carbocycles. The Balaban J connectivity index is 2.18. The van der Waals surface area contributed by atoms with Gasteiger partial charge in [0.05, 0.1) is 5.52 Å². The number of benzene rings is 1. The quantitative estimate of drug-likeness (QED) is 0.694. The Morgan fingerprint density at radius 1 is 1.00 bits per heavy atom. The van der Waals surface area contributed by atoms with Crippen molar-refractivity contribution in [3.05, 3.63) is 36.4 Å². The fourth-order valence-corrected chi connectivity index (χ4v) is 2.10. The van der Waals surface area contributed by atoms with Gasteiger partial charge < -0.3 is 5.73 Å². The minimum atomic E-state index is 0.463. The second-order valence-electron chi connectivity index (χ2n) is 3.33. The molecule has 3 rings (SSSR count). The van der Waals surface area contributed by atoms with E-state index in [-0.39, 0.29) is 0 Å². The van der Waals surface area contributed by atoms with Gasteiger partial charge in [-0.25, -0.2) is 4.98 Å². The summed E-state index contributed by atoms with van der Waals surface area (Å²) in [4.78, 5) is 4.51. The molecule has 0 aliphatic carbocycles. The van der Waals surface area contributed by atoms with E-state index in [0.29, 0.717) is 5.13 Å². The summed E-state index contributed by atoms with van der Waals surface area (Å²) in [6, 6.07) is 11.9. The first-order valence-corrected chi connectivity index (χ1v) is 5.60. The molecule has 0 radical (unpaired) electrons. The molecule has 2 heterocycles. The molecular formula is C11H8N4S. The predicted molar refractivity (Wildman–Crippen MR) is 65.1 cm³/mol. The molecule has 0 spiro atoms. The van der Waals surface area contributed by atoms with Crippen LogP contribution in [0.1, 0.15) is 0 Å². The summed E-state index contributed by atoms with van der Waals surface area (Å²) in [6.07, 6.45) is 0. The highest BCUT2D eigenvalue weighted by Gasteiger charge is 2.06. The highest BCUT2D eigenvalue weighted by atomic mass is 32.1. The standard InChI is InChI=1S/C11H8N4S/c12-11-15-14-10(16-11)9-6-5-7-3-1-2-4-8(7)13-9/h1-6H,(H2,12,15). The van der Waals surface area contributed by atoms with Gasteiger partial charge in [-0.05, 0) is 12.1 Å². The van der Waals surface area contributed by atoms with Gasteiger partial charge in [-0.3, -0.25) is 0 Å². The van der Waals surface area contributed by atoms with Crippen LogP contribution in [0.4, 0.5) is 5.13 Å². The van der Waals surface area contributed by atoms with Crippen molar-refractivity contribution in [2.24, 2.45) is 0 Å². The molecule has 3 aromatic rings. The highest BCUT2D eigenvalue weighted by Crippen LogP contribution is 2.24. The van der Waals surface area contributed by atoms with Crippen LogP contribution in [0, 0.1) is 0 Å². The molecule has 78 valence electrons. The maximum Gasteiger partial charge on any atom is 0.203 e. The van der Waals surface area contributed by atoms with Crippen LogP contribution < -0.4 is 5.73 Å². The lowest BCUT2D eigenvalue weighted by atomic mass is 10.2. The molecule has 2 aromatic heterocycles. The van der Waals surface area contributed by atoms with Gasteiger partial charge >= 0.3 is 0 Å². The van der Waals surface area contributed by atoms with Gasteiger partial charge in [-0.1, -0.05) is 35.6 Å². The van der Waals surface area contributed by atoms with Crippen LogP contribution >= 0.6 is 11.3 Å². The molecule has 0 aliphatic rings. The van der Waals surface area contributed by atoms with E-state index in [2.05, 4.69) is 15.2 Å². The lowest BCUT2D eigenvalue weighted by Gasteiger charge is -1.98. The van der Waals surface area contributed by atoms with Crippen LogP contribution in [-0.2, 0) is 0 Å². The average molecular weight is 228 g/mol. The van der Waals surface area contributed by atoms with Gasteiger partial charge in [0.1, 0.15) is 5.69 Å². The van der Waals surface area contributed by atoms with Crippen molar-refractivity contribution in [1.29, 1.82) is 0 Å². The minimum Gasteiger partial charge on any atom is -0.374 e. The van der Waals surface area contributed by atoms with Crippen molar-refractivity contribution < 1.29 is 0 Å². The zero-order chi connectivity index (χ0) is 11.0. The molecule has 0 unspecified atom stereocenters. The molecule has 4 nitrogen and oxygen atoms in total. The first-order valence-electron chi connectivity index (χ1n) is 4.78. The predicted octanol–water partition coefficient (Wildman–Crippen LogP) is 2.34. The molecule has 5 heteroatoms. The van der Waals surface area contributed by atoms with Gasteiger partial charge in [0.15, 0.2) is 5.01 Å². The van der Waals surface area contributed by atoms with E-state index in [1.165, 1.54) is 11.3 Å². The Labute approximate surface area is 95.8 Å². The molecule has 0 atom stereocenters. The van der Waals surface area contributed by atoms with E-state index in [9.17, 15) is 0 Å². The number of para-hydroxylation sites is 1. The third-order valence-electron chi connectivity index (χ3n) is 2.26. The van der Waals surface area contributed by atoms with Crippen LogP contribution in [0.2, 0.25) is 0 Å². The molecule has 0 amide bonds. The van der Waals surface area contributed by atoms with Crippen LogP contribution in [0.25, 0.3) is 21.6 Å². The van der Waals surface area contributed by atoms with E-state index in [1.807, 2.05) is 36.4 Å². The van der Waals surface area contributed by atoms with E-state index in [4.69, 9.17) is 5.73 Å². The molecule has 0 aliphatic heterocycles. The third-order valence-corrected chi connectivity index (χ3v) is 3.03. The van der Waals surface area contributed by atoms with Crippen LogP contribution in [0.3, 0.4) is 0 Å². The van der Waals surface area contributed by atoms with E-state index in [0.717, 1.165) is 21.6 Å². The number of hydrogen-bond donors (Lipinski definition) is 1. The summed E-state index contributed by atoms with van der Waals surface area (Å²) in [6.45, 7) is 0. The second-order valence-corrected chi connectivity index (χ2v) is 4.34. The Morgan fingerprint density at radius 2 is 1.88 bits per heavy atom. The molecule has 0 fully saturated rings. The van der Waals surface area contributed by atoms with E-state index < -0.39 is 0 Å². The third kappa shape index (κ3) is 1.51. The Kier molecular flexibility index (Phi) is 2.04. The van der Waals surface area contributed by atoms with Gasteiger partial charge in [0, 0.05) is 5.39 Å². The Morgan fingerprint density at radius 3 is 2.69 bits per heavy atom. The van der Waals surface area contributed by atoms with Crippen molar-refractivity contribution in [3.8, 4) is 10.7 Å². The number of nitrogen functional groups attached to an aromatic ring is 1. The first-order chi connectivity index (χ1) is 7.83. The fraction of sp³-hybridized carbons (Fsp3) is 0. The lowest BCUT2D eigenvalue weighted by molar-refractivity contribution is 1.10. The van der Waals surface area contributed by atoms with Crippen molar-refractivity contribution in [2.75, 3.05) is 5.73 Å². The number of aromatic nitrogens is 3. The van der Waals surface area contributed by atoms with Crippen LogP contribution in [0.5, 0.6) is 0 Å². The van der Waals surface area contributed by atoms with E-state index in [1.54, 1.807) is 0 Å². The Bertz CT molecular complexity index is 647. The summed E-state index contributed by atoms with van der Waals surface area (Å²) in [5.74, 6) is 0. The molecule has 0 saturated carbocycles.